The molecule has 100 valence electrons. The zero-order valence-electron chi connectivity index (χ0n) is 9.99. The lowest BCUT2D eigenvalue weighted by molar-refractivity contribution is -0.387. The molecule has 1 aromatic carbocycles. The smallest absolute Gasteiger partial charge is 0.304 e. The molecule has 0 saturated heterocycles. The maximum absolute atomic E-state index is 13.5. The minimum atomic E-state index is -0.901. The van der Waals surface area contributed by atoms with Crippen molar-refractivity contribution < 1.29 is 9.31 Å². The number of nitro groups is 1. The molecule has 0 aliphatic heterocycles. The van der Waals surface area contributed by atoms with Gasteiger partial charge in [-0.05, 0) is 25.5 Å². The van der Waals surface area contributed by atoms with Gasteiger partial charge in [0.2, 0.25) is 5.82 Å². The van der Waals surface area contributed by atoms with E-state index in [1.165, 1.54) is 10.7 Å². The van der Waals surface area contributed by atoms with Gasteiger partial charge in [-0.25, -0.2) is 4.68 Å². The molecule has 2 rings (SSSR count). The van der Waals surface area contributed by atoms with Crippen molar-refractivity contribution in [1.82, 2.24) is 15.0 Å². The average Bonchev–Trinajstić information content (AvgIpc) is 2.84. The zero-order valence-corrected chi connectivity index (χ0v) is 9.99. The van der Waals surface area contributed by atoms with Crippen LogP contribution in [0, 0.1) is 15.9 Å². The Kier molecular flexibility index (Phi) is 3.81. The second-order valence-electron chi connectivity index (χ2n) is 3.94. The van der Waals surface area contributed by atoms with Crippen LogP contribution in [-0.4, -0.2) is 26.5 Å². The van der Waals surface area contributed by atoms with Gasteiger partial charge in [0.15, 0.2) is 0 Å². The SMILES string of the molecule is NCCCc1cn(-c2ccc([N+](=O)[O-])c(F)c2)nn1. The molecule has 0 aliphatic carbocycles. The fraction of sp³-hybridized carbons (Fsp3) is 0.273. The first-order chi connectivity index (χ1) is 9.11. The van der Waals surface area contributed by atoms with Gasteiger partial charge in [-0.3, -0.25) is 10.1 Å². The summed E-state index contributed by atoms with van der Waals surface area (Å²) in [7, 11) is 0. The summed E-state index contributed by atoms with van der Waals surface area (Å²) in [5.74, 6) is -0.901. The summed E-state index contributed by atoms with van der Waals surface area (Å²) in [4.78, 5) is 9.74. The summed E-state index contributed by atoms with van der Waals surface area (Å²) in [6, 6.07) is 3.58. The van der Waals surface area contributed by atoms with Gasteiger partial charge in [-0.15, -0.1) is 5.10 Å². The first-order valence-corrected chi connectivity index (χ1v) is 5.67. The van der Waals surface area contributed by atoms with Crippen molar-refractivity contribution in [3.63, 3.8) is 0 Å². The molecule has 2 N–H and O–H groups in total. The van der Waals surface area contributed by atoms with Crippen molar-refractivity contribution in [3.8, 4) is 5.69 Å². The summed E-state index contributed by atoms with van der Waals surface area (Å²) in [6.07, 6.45) is 3.12. The topological polar surface area (TPSA) is 99.9 Å². The summed E-state index contributed by atoms with van der Waals surface area (Å²) in [5.41, 5.74) is 5.95. The molecule has 0 unspecified atom stereocenters. The van der Waals surface area contributed by atoms with Gasteiger partial charge in [0, 0.05) is 12.1 Å². The number of benzene rings is 1. The van der Waals surface area contributed by atoms with E-state index in [2.05, 4.69) is 10.3 Å². The van der Waals surface area contributed by atoms with Gasteiger partial charge in [-0.1, -0.05) is 5.21 Å². The maximum atomic E-state index is 13.5. The highest BCUT2D eigenvalue weighted by Gasteiger charge is 2.14. The Morgan fingerprint density at radius 2 is 2.26 bits per heavy atom. The van der Waals surface area contributed by atoms with Crippen LogP contribution in [0.3, 0.4) is 0 Å². The highest BCUT2D eigenvalue weighted by atomic mass is 19.1. The van der Waals surface area contributed by atoms with E-state index in [9.17, 15) is 14.5 Å². The number of nitrogens with two attached hydrogens (primary N) is 1. The number of nitro benzene ring substituents is 1. The zero-order chi connectivity index (χ0) is 13.8. The highest BCUT2D eigenvalue weighted by Crippen LogP contribution is 2.19. The molecule has 0 saturated carbocycles. The third kappa shape index (κ3) is 2.91. The van der Waals surface area contributed by atoms with E-state index in [0.717, 1.165) is 24.2 Å². The van der Waals surface area contributed by atoms with Crippen molar-refractivity contribution >= 4 is 5.69 Å². The molecule has 0 spiro atoms. The maximum Gasteiger partial charge on any atom is 0.304 e. The normalized spacial score (nSPS) is 10.6. The molecule has 2 aromatic rings. The quantitative estimate of drug-likeness (QED) is 0.646. The monoisotopic (exact) mass is 265 g/mol. The number of halogens is 1. The molecule has 0 bridgehead atoms. The molecule has 8 heteroatoms. The largest absolute Gasteiger partial charge is 0.330 e. The van der Waals surface area contributed by atoms with Crippen LogP contribution in [0.2, 0.25) is 0 Å². The van der Waals surface area contributed by atoms with E-state index in [0.29, 0.717) is 18.7 Å². The molecule has 1 heterocycles. The third-order valence-electron chi connectivity index (χ3n) is 2.57. The molecular formula is C11H12FN5O2. The minimum Gasteiger partial charge on any atom is -0.330 e. The Morgan fingerprint density at radius 1 is 1.47 bits per heavy atom. The average molecular weight is 265 g/mol. The Hall–Kier alpha value is -2.35. The molecule has 1 aromatic heterocycles. The fourth-order valence-electron chi connectivity index (χ4n) is 1.61. The second kappa shape index (κ2) is 5.53. The first kappa shape index (κ1) is 13.1. The summed E-state index contributed by atoms with van der Waals surface area (Å²) < 4.78 is 14.8. The van der Waals surface area contributed by atoms with Crippen LogP contribution in [0.25, 0.3) is 5.69 Å². The van der Waals surface area contributed by atoms with Crippen LogP contribution in [-0.2, 0) is 6.42 Å². The van der Waals surface area contributed by atoms with Crippen LogP contribution >= 0.6 is 0 Å². The molecule has 0 fully saturated rings. The van der Waals surface area contributed by atoms with Crippen LogP contribution < -0.4 is 5.73 Å². The predicted octanol–water partition coefficient (Wildman–Crippen LogP) is 1.21. The molecular weight excluding hydrogens is 253 g/mol. The van der Waals surface area contributed by atoms with E-state index in [1.807, 2.05) is 0 Å². The van der Waals surface area contributed by atoms with Gasteiger partial charge in [0.25, 0.3) is 0 Å². The predicted molar refractivity (Wildman–Crippen MR) is 65.3 cm³/mol. The second-order valence-corrected chi connectivity index (χ2v) is 3.94. The molecule has 0 radical (unpaired) electrons. The van der Waals surface area contributed by atoms with Gasteiger partial charge in [0.1, 0.15) is 0 Å². The Balaban J connectivity index is 2.24. The standard InChI is InChI=1S/C11H12FN5O2/c12-10-6-9(3-4-11(10)17(18)19)16-7-8(14-15-16)2-1-5-13/h3-4,6-7H,1-2,5,13H2. The third-order valence-corrected chi connectivity index (χ3v) is 2.57. The van der Waals surface area contributed by atoms with Gasteiger partial charge in [0.05, 0.1) is 22.5 Å². The molecule has 7 nitrogen and oxygen atoms in total. The Labute approximate surface area is 108 Å². The number of aromatic nitrogens is 3. The van der Waals surface area contributed by atoms with E-state index >= 15 is 0 Å². The van der Waals surface area contributed by atoms with Crippen molar-refractivity contribution in [2.24, 2.45) is 5.73 Å². The van der Waals surface area contributed by atoms with E-state index in [4.69, 9.17) is 5.73 Å². The van der Waals surface area contributed by atoms with Crippen molar-refractivity contribution in [2.75, 3.05) is 6.54 Å². The van der Waals surface area contributed by atoms with E-state index in [1.54, 1.807) is 6.20 Å². The Morgan fingerprint density at radius 3 is 2.89 bits per heavy atom. The lowest BCUT2D eigenvalue weighted by atomic mass is 10.2. The summed E-state index contributed by atoms with van der Waals surface area (Å²) in [5, 5.41) is 18.3. The molecule has 0 atom stereocenters. The fourth-order valence-corrected chi connectivity index (χ4v) is 1.61. The number of rotatable bonds is 5. The molecule has 19 heavy (non-hydrogen) atoms. The van der Waals surface area contributed by atoms with Crippen LogP contribution in [0.5, 0.6) is 0 Å². The van der Waals surface area contributed by atoms with E-state index in [-0.39, 0.29) is 0 Å². The van der Waals surface area contributed by atoms with Crippen LogP contribution in [0.1, 0.15) is 12.1 Å². The number of aryl methyl sites for hydroxylation is 1. The van der Waals surface area contributed by atoms with E-state index < -0.39 is 16.4 Å². The van der Waals surface area contributed by atoms with Crippen molar-refractivity contribution in [2.45, 2.75) is 12.8 Å². The Bertz CT molecular complexity index is 599. The summed E-state index contributed by atoms with van der Waals surface area (Å²) in [6.45, 7) is 0.555. The first-order valence-electron chi connectivity index (χ1n) is 5.67. The number of hydrogen-bond donors (Lipinski definition) is 1. The van der Waals surface area contributed by atoms with Gasteiger partial charge < -0.3 is 5.73 Å². The van der Waals surface area contributed by atoms with Crippen LogP contribution in [0.15, 0.2) is 24.4 Å². The lowest BCUT2D eigenvalue weighted by Gasteiger charge is -2.00. The lowest BCUT2D eigenvalue weighted by Crippen LogP contribution is -2.00. The number of nitrogens with zero attached hydrogens (tertiary/aromatic N) is 4. The summed E-state index contributed by atoms with van der Waals surface area (Å²) >= 11 is 0. The molecule has 0 amide bonds. The molecule has 0 aliphatic rings. The minimum absolute atomic E-state index is 0.384. The van der Waals surface area contributed by atoms with Crippen molar-refractivity contribution in [3.05, 3.63) is 46.0 Å². The van der Waals surface area contributed by atoms with Gasteiger partial charge in [-0.2, -0.15) is 4.39 Å². The van der Waals surface area contributed by atoms with Gasteiger partial charge >= 0.3 is 5.69 Å². The highest BCUT2D eigenvalue weighted by molar-refractivity contribution is 5.41. The van der Waals surface area contributed by atoms with Crippen molar-refractivity contribution in [1.29, 1.82) is 0 Å². The number of hydrogen-bond acceptors (Lipinski definition) is 5. The van der Waals surface area contributed by atoms with Crippen LogP contribution in [0.4, 0.5) is 10.1 Å².